The van der Waals surface area contributed by atoms with Gasteiger partial charge in [0.25, 0.3) is 0 Å². The summed E-state index contributed by atoms with van der Waals surface area (Å²) in [5.74, 6) is -0.0176. The molecule has 1 aromatic carbocycles. The molecular formula is C15H19NO2. The summed E-state index contributed by atoms with van der Waals surface area (Å²) in [5.41, 5.74) is 0.208. The smallest absolute Gasteiger partial charge is 0.159 e. The largest absolute Gasteiger partial charge is 0.494 e. The van der Waals surface area contributed by atoms with Gasteiger partial charge in [-0.05, 0) is 24.6 Å². The zero-order chi connectivity index (χ0) is 13.8. The monoisotopic (exact) mass is 245 g/mol. The number of carbonyl (C=O) groups is 1. The van der Waals surface area contributed by atoms with Crippen molar-refractivity contribution >= 4 is 5.78 Å². The lowest BCUT2D eigenvalue weighted by Gasteiger charge is -2.20. The lowest BCUT2D eigenvalue weighted by Crippen LogP contribution is -2.26. The lowest BCUT2D eigenvalue weighted by molar-refractivity contribution is -0.126. The van der Waals surface area contributed by atoms with Crippen LogP contribution in [0.5, 0.6) is 5.75 Å². The van der Waals surface area contributed by atoms with Gasteiger partial charge in [0.1, 0.15) is 11.7 Å². The van der Waals surface area contributed by atoms with Gasteiger partial charge < -0.3 is 4.74 Å². The van der Waals surface area contributed by atoms with E-state index in [1.54, 1.807) is 24.3 Å². The molecule has 0 aliphatic carbocycles. The van der Waals surface area contributed by atoms with Gasteiger partial charge in [-0.1, -0.05) is 32.9 Å². The van der Waals surface area contributed by atoms with Gasteiger partial charge in [0.05, 0.1) is 12.7 Å². The molecule has 0 radical (unpaired) electrons. The highest BCUT2D eigenvalue weighted by Gasteiger charge is 2.30. The van der Waals surface area contributed by atoms with Crippen LogP contribution >= 0.6 is 0 Å². The number of nitriles is 1. The van der Waals surface area contributed by atoms with Crippen LogP contribution in [0.2, 0.25) is 0 Å². The van der Waals surface area contributed by atoms with E-state index in [-0.39, 0.29) is 5.78 Å². The van der Waals surface area contributed by atoms with Gasteiger partial charge in [0.15, 0.2) is 5.78 Å². The summed E-state index contributed by atoms with van der Waals surface area (Å²) >= 11 is 0. The molecule has 0 spiro atoms. The second kappa shape index (κ2) is 5.68. The normalized spacial score (nSPS) is 12.6. The minimum atomic E-state index is -0.708. The maximum absolute atomic E-state index is 12.2. The highest BCUT2D eigenvalue weighted by atomic mass is 16.5. The number of rotatable bonds is 4. The van der Waals surface area contributed by atoms with Crippen molar-refractivity contribution in [1.29, 1.82) is 5.26 Å². The Morgan fingerprint density at radius 3 is 2.28 bits per heavy atom. The fraction of sp³-hybridized carbons (Fsp3) is 0.467. The molecule has 0 heterocycles. The van der Waals surface area contributed by atoms with Gasteiger partial charge in [-0.2, -0.15) is 5.26 Å². The summed E-state index contributed by atoms with van der Waals surface area (Å²) < 4.78 is 5.33. The molecule has 0 bridgehead atoms. The van der Waals surface area contributed by atoms with Crippen LogP contribution in [0, 0.1) is 16.7 Å². The van der Waals surface area contributed by atoms with Gasteiger partial charge in [0.2, 0.25) is 0 Å². The van der Waals surface area contributed by atoms with Gasteiger partial charge in [-0.25, -0.2) is 0 Å². The van der Waals surface area contributed by atoms with Crippen molar-refractivity contribution in [3.05, 3.63) is 29.8 Å². The Labute approximate surface area is 108 Å². The highest BCUT2D eigenvalue weighted by Crippen LogP contribution is 2.28. The van der Waals surface area contributed by atoms with Crippen LogP contribution in [0.4, 0.5) is 0 Å². The predicted octanol–water partition coefficient (Wildman–Crippen LogP) is 3.31. The molecule has 1 atom stereocenters. The van der Waals surface area contributed by atoms with Crippen LogP contribution in [0.25, 0.3) is 0 Å². The Morgan fingerprint density at radius 1 is 1.33 bits per heavy atom. The molecule has 0 N–H and O–H groups in total. The fourth-order valence-corrected chi connectivity index (χ4v) is 1.64. The number of nitrogens with zero attached hydrogens (tertiary/aromatic N) is 1. The van der Waals surface area contributed by atoms with Crippen LogP contribution in [-0.2, 0) is 4.79 Å². The van der Waals surface area contributed by atoms with Crippen molar-refractivity contribution in [3.63, 3.8) is 0 Å². The van der Waals surface area contributed by atoms with Crippen LogP contribution in [0.1, 0.15) is 39.2 Å². The Bertz CT molecular complexity index is 449. The van der Waals surface area contributed by atoms with Crippen LogP contribution in [0.3, 0.4) is 0 Å². The number of ketones is 1. The molecule has 0 saturated heterocycles. The molecule has 18 heavy (non-hydrogen) atoms. The third-order valence-electron chi connectivity index (χ3n) is 2.65. The molecule has 1 rings (SSSR count). The molecule has 0 aliphatic heterocycles. The fourth-order valence-electron chi connectivity index (χ4n) is 1.64. The predicted molar refractivity (Wildman–Crippen MR) is 70.4 cm³/mol. The highest BCUT2D eigenvalue weighted by molar-refractivity contribution is 5.92. The van der Waals surface area contributed by atoms with Crippen LogP contribution < -0.4 is 4.74 Å². The SMILES string of the molecule is CCOc1ccc(C(C#N)C(=O)C(C)(C)C)cc1. The van der Waals surface area contributed by atoms with Crippen molar-refractivity contribution in [3.8, 4) is 11.8 Å². The summed E-state index contributed by atoms with van der Waals surface area (Å²) in [6.45, 7) is 7.99. The summed E-state index contributed by atoms with van der Waals surface area (Å²) in [7, 11) is 0. The average molecular weight is 245 g/mol. The van der Waals surface area contributed by atoms with Gasteiger partial charge >= 0.3 is 0 Å². The Balaban J connectivity index is 2.97. The first kappa shape index (κ1) is 14.2. The number of ether oxygens (including phenoxy) is 1. The zero-order valence-electron chi connectivity index (χ0n) is 11.4. The summed E-state index contributed by atoms with van der Waals surface area (Å²) in [4.78, 5) is 12.2. The van der Waals surface area contributed by atoms with E-state index in [1.165, 1.54) is 0 Å². The van der Waals surface area contributed by atoms with E-state index in [2.05, 4.69) is 6.07 Å². The van der Waals surface area contributed by atoms with Crippen molar-refractivity contribution in [2.24, 2.45) is 5.41 Å². The first-order valence-corrected chi connectivity index (χ1v) is 6.07. The van der Waals surface area contributed by atoms with Gasteiger partial charge in [0, 0.05) is 5.41 Å². The molecule has 3 nitrogen and oxygen atoms in total. The molecule has 0 saturated carbocycles. The van der Waals surface area contributed by atoms with E-state index in [9.17, 15) is 10.1 Å². The van der Waals surface area contributed by atoms with E-state index in [4.69, 9.17) is 4.74 Å². The third kappa shape index (κ3) is 3.33. The van der Waals surface area contributed by atoms with E-state index in [1.807, 2.05) is 27.7 Å². The first-order valence-electron chi connectivity index (χ1n) is 6.07. The number of hydrogen-bond acceptors (Lipinski definition) is 3. The first-order chi connectivity index (χ1) is 8.40. The van der Waals surface area contributed by atoms with Gasteiger partial charge in [-0.3, -0.25) is 4.79 Å². The number of carbonyl (C=O) groups excluding carboxylic acids is 1. The molecule has 1 aromatic rings. The maximum Gasteiger partial charge on any atom is 0.159 e. The van der Waals surface area contributed by atoms with Crippen LogP contribution in [0.15, 0.2) is 24.3 Å². The molecular weight excluding hydrogens is 226 g/mol. The minimum absolute atomic E-state index is 0.0610. The summed E-state index contributed by atoms with van der Waals surface area (Å²) in [5, 5.41) is 9.18. The Morgan fingerprint density at radius 2 is 1.89 bits per heavy atom. The Kier molecular flexibility index (Phi) is 4.49. The molecule has 0 aromatic heterocycles. The quantitative estimate of drug-likeness (QED) is 0.817. The standard InChI is InChI=1S/C15H19NO2/c1-5-18-12-8-6-11(7-9-12)13(10-16)14(17)15(2,3)4/h6-9,13H,5H2,1-4H3. The van der Waals surface area contributed by atoms with Crippen molar-refractivity contribution < 1.29 is 9.53 Å². The van der Waals surface area contributed by atoms with Crippen molar-refractivity contribution in [2.75, 3.05) is 6.61 Å². The summed E-state index contributed by atoms with van der Waals surface area (Å²) in [6, 6.07) is 9.23. The van der Waals surface area contributed by atoms with E-state index in [0.717, 1.165) is 11.3 Å². The topological polar surface area (TPSA) is 50.1 Å². The second-order valence-corrected chi connectivity index (χ2v) is 5.18. The number of benzene rings is 1. The second-order valence-electron chi connectivity index (χ2n) is 5.18. The van der Waals surface area contributed by atoms with Crippen molar-refractivity contribution in [2.45, 2.75) is 33.6 Å². The van der Waals surface area contributed by atoms with Gasteiger partial charge in [-0.15, -0.1) is 0 Å². The van der Waals surface area contributed by atoms with E-state index in [0.29, 0.717) is 6.61 Å². The summed E-state index contributed by atoms with van der Waals surface area (Å²) in [6.07, 6.45) is 0. The number of hydrogen-bond donors (Lipinski definition) is 0. The molecule has 1 unspecified atom stereocenters. The van der Waals surface area contributed by atoms with Crippen molar-refractivity contribution in [1.82, 2.24) is 0 Å². The molecule has 0 aliphatic rings. The van der Waals surface area contributed by atoms with E-state index >= 15 is 0 Å². The Hall–Kier alpha value is -1.82. The minimum Gasteiger partial charge on any atom is -0.494 e. The third-order valence-corrected chi connectivity index (χ3v) is 2.65. The molecule has 0 fully saturated rings. The van der Waals surface area contributed by atoms with E-state index < -0.39 is 11.3 Å². The average Bonchev–Trinajstić information content (AvgIpc) is 2.31. The van der Waals surface area contributed by atoms with Crippen LogP contribution in [-0.4, -0.2) is 12.4 Å². The molecule has 0 amide bonds. The lowest BCUT2D eigenvalue weighted by atomic mass is 9.80. The maximum atomic E-state index is 12.2. The molecule has 96 valence electrons. The number of Topliss-reactive ketones (excluding diaryl/α,β-unsaturated/α-hetero) is 1. The zero-order valence-corrected chi connectivity index (χ0v) is 11.4. The molecule has 3 heteroatoms.